The topological polar surface area (TPSA) is 76.1 Å². The summed E-state index contributed by atoms with van der Waals surface area (Å²) in [5.41, 5.74) is 0.515. The number of rotatable bonds is 5. The number of hydrogen-bond acceptors (Lipinski definition) is 4. The number of alkyl halides is 3. The van der Waals surface area contributed by atoms with E-state index < -0.39 is 24.2 Å². The van der Waals surface area contributed by atoms with Gasteiger partial charge in [0.2, 0.25) is 0 Å². The third kappa shape index (κ3) is 5.05. The average molecular weight is 332 g/mol. The molecular weight excluding hydrogens is 313 g/mol. The van der Waals surface area contributed by atoms with Gasteiger partial charge in [0, 0.05) is 13.2 Å². The molecule has 2 amide bonds. The third-order valence-electron chi connectivity index (χ3n) is 3.77. The van der Waals surface area contributed by atoms with Crippen LogP contribution in [0.15, 0.2) is 12.4 Å². The molecule has 1 unspecified atom stereocenters. The van der Waals surface area contributed by atoms with Gasteiger partial charge >= 0.3 is 12.2 Å². The Bertz CT molecular complexity index is 533. The Labute approximate surface area is 131 Å². The number of aromatic nitrogens is 2. The number of anilines is 1. The van der Waals surface area contributed by atoms with Crippen LogP contribution >= 0.6 is 0 Å². The maximum Gasteiger partial charge on any atom is 0.408 e. The predicted molar refractivity (Wildman–Crippen MR) is 76.7 cm³/mol. The van der Waals surface area contributed by atoms with Crippen molar-refractivity contribution in [3.05, 3.63) is 18.1 Å². The van der Waals surface area contributed by atoms with Crippen molar-refractivity contribution < 1.29 is 22.7 Å². The number of urea groups is 1. The van der Waals surface area contributed by atoms with Gasteiger partial charge in [-0.3, -0.25) is 5.32 Å². The quantitative estimate of drug-likeness (QED) is 0.869. The number of amides is 2. The Kier molecular flexibility index (Phi) is 5.75. The Morgan fingerprint density at radius 2 is 2.09 bits per heavy atom. The fourth-order valence-electron chi connectivity index (χ4n) is 2.74. The van der Waals surface area contributed by atoms with Crippen molar-refractivity contribution in [3.8, 4) is 0 Å². The van der Waals surface area contributed by atoms with E-state index in [1.807, 2.05) is 5.32 Å². The number of nitrogens with zero attached hydrogens (tertiary/aromatic N) is 2. The second kappa shape index (κ2) is 7.58. The van der Waals surface area contributed by atoms with E-state index in [-0.39, 0.29) is 12.4 Å². The van der Waals surface area contributed by atoms with Crippen LogP contribution in [0.25, 0.3) is 0 Å². The lowest BCUT2D eigenvalue weighted by atomic mass is 9.98. The van der Waals surface area contributed by atoms with Crippen molar-refractivity contribution in [2.45, 2.75) is 44.5 Å². The summed E-state index contributed by atoms with van der Waals surface area (Å²) >= 11 is 0. The first-order valence-electron chi connectivity index (χ1n) is 7.34. The lowest BCUT2D eigenvalue weighted by Gasteiger charge is -2.26. The molecule has 1 aromatic heterocycles. The number of methoxy groups -OCH3 is 1. The first-order valence-corrected chi connectivity index (χ1v) is 7.34. The average Bonchev–Trinajstić information content (AvgIpc) is 2.98. The highest BCUT2D eigenvalue weighted by Crippen LogP contribution is 2.35. The second-order valence-electron chi connectivity index (χ2n) is 5.49. The molecule has 9 heteroatoms. The fraction of sp³-hybridized carbons (Fsp3) is 0.643. The van der Waals surface area contributed by atoms with Gasteiger partial charge in [0.25, 0.3) is 0 Å². The first kappa shape index (κ1) is 17.5. The highest BCUT2D eigenvalue weighted by molar-refractivity contribution is 5.88. The lowest BCUT2D eigenvalue weighted by Crippen LogP contribution is -2.50. The van der Waals surface area contributed by atoms with Gasteiger partial charge in [0.15, 0.2) is 0 Å². The minimum Gasteiger partial charge on any atom is -0.378 e. The molecule has 128 valence electrons. The Balaban J connectivity index is 2.00. The summed E-state index contributed by atoms with van der Waals surface area (Å²) in [4.78, 5) is 19.6. The van der Waals surface area contributed by atoms with Crippen LogP contribution in [-0.2, 0) is 11.3 Å². The Hall–Kier alpha value is -1.90. The number of halogens is 3. The van der Waals surface area contributed by atoms with Crippen LogP contribution in [0.5, 0.6) is 0 Å². The maximum atomic E-state index is 13.2. The van der Waals surface area contributed by atoms with Gasteiger partial charge in [-0.15, -0.1) is 0 Å². The van der Waals surface area contributed by atoms with Crippen molar-refractivity contribution >= 4 is 11.8 Å². The van der Waals surface area contributed by atoms with E-state index in [2.05, 4.69) is 15.3 Å². The van der Waals surface area contributed by atoms with Crippen LogP contribution in [0, 0.1) is 5.92 Å². The van der Waals surface area contributed by atoms with E-state index in [4.69, 9.17) is 4.74 Å². The number of ether oxygens (including phenoxy) is 1. The molecule has 6 nitrogen and oxygen atoms in total. The molecule has 0 aromatic carbocycles. The standard InChI is InChI=1S/C14H19F3N4O2/c1-23-7-10-6-11(19-8-18-10)20-13(22)21-12(14(15,16)17)9-4-2-3-5-9/h6,8-9,12H,2-5,7H2,1H3,(H2,18,19,20,21,22). The van der Waals surface area contributed by atoms with E-state index in [9.17, 15) is 18.0 Å². The molecule has 1 aliphatic rings. The van der Waals surface area contributed by atoms with E-state index in [1.54, 1.807) is 0 Å². The van der Waals surface area contributed by atoms with Gasteiger partial charge in [-0.2, -0.15) is 13.2 Å². The van der Waals surface area contributed by atoms with E-state index in [0.29, 0.717) is 18.5 Å². The number of nitrogens with one attached hydrogen (secondary N) is 2. The van der Waals surface area contributed by atoms with Crippen LogP contribution < -0.4 is 10.6 Å². The largest absolute Gasteiger partial charge is 0.408 e. The molecule has 0 aliphatic heterocycles. The van der Waals surface area contributed by atoms with Crippen molar-refractivity contribution in [1.29, 1.82) is 0 Å². The van der Waals surface area contributed by atoms with Gasteiger partial charge < -0.3 is 10.1 Å². The molecule has 1 atom stereocenters. The van der Waals surface area contributed by atoms with Gasteiger partial charge in [-0.05, 0) is 18.8 Å². The molecule has 1 heterocycles. The van der Waals surface area contributed by atoms with Crippen molar-refractivity contribution in [1.82, 2.24) is 15.3 Å². The Morgan fingerprint density at radius 3 is 2.70 bits per heavy atom. The minimum absolute atomic E-state index is 0.122. The number of hydrogen-bond donors (Lipinski definition) is 2. The van der Waals surface area contributed by atoms with Gasteiger partial charge in [0.1, 0.15) is 18.2 Å². The van der Waals surface area contributed by atoms with Gasteiger partial charge in [-0.25, -0.2) is 14.8 Å². The van der Waals surface area contributed by atoms with E-state index in [0.717, 1.165) is 12.8 Å². The summed E-state index contributed by atoms with van der Waals surface area (Å²) in [6, 6.07) is -1.33. The van der Waals surface area contributed by atoms with Crippen LogP contribution in [0.2, 0.25) is 0 Å². The zero-order valence-corrected chi connectivity index (χ0v) is 12.7. The van der Waals surface area contributed by atoms with Crippen molar-refractivity contribution in [2.75, 3.05) is 12.4 Å². The molecule has 1 aliphatic carbocycles. The summed E-state index contributed by atoms with van der Waals surface area (Å²) in [5, 5.41) is 4.34. The predicted octanol–water partition coefficient (Wildman–Crippen LogP) is 2.87. The normalized spacial score (nSPS) is 17.0. The van der Waals surface area contributed by atoms with Crippen LogP contribution in [0.3, 0.4) is 0 Å². The summed E-state index contributed by atoms with van der Waals surface area (Å²) in [6.45, 7) is 0.214. The molecule has 0 saturated heterocycles. The summed E-state index contributed by atoms with van der Waals surface area (Å²) in [5.74, 6) is -0.452. The Morgan fingerprint density at radius 1 is 1.39 bits per heavy atom. The highest BCUT2D eigenvalue weighted by Gasteiger charge is 2.46. The summed E-state index contributed by atoms with van der Waals surface area (Å²) in [7, 11) is 1.48. The van der Waals surface area contributed by atoms with E-state index >= 15 is 0 Å². The molecule has 2 N–H and O–H groups in total. The van der Waals surface area contributed by atoms with Crippen LogP contribution in [0.4, 0.5) is 23.8 Å². The number of carbonyl (C=O) groups excluding carboxylic acids is 1. The van der Waals surface area contributed by atoms with Gasteiger partial charge in [-0.1, -0.05) is 12.8 Å². The summed E-state index contributed by atoms with van der Waals surface area (Å²) < 4.78 is 44.3. The lowest BCUT2D eigenvalue weighted by molar-refractivity contribution is -0.164. The zero-order chi connectivity index (χ0) is 16.9. The molecule has 0 bridgehead atoms. The molecule has 1 aromatic rings. The molecule has 1 fully saturated rings. The second-order valence-corrected chi connectivity index (χ2v) is 5.49. The molecule has 2 rings (SSSR count). The first-order chi connectivity index (χ1) is 10.9. The molecule has 0 spiro atoms. The number of carbonyl (C=O) groups is 1. The van der Waals surface area contributed by atoms with Crippen LogP contribution in [-0.4, -0.2) is 35.3 Å². The monoisotopic (exact) mass is 332 g/mol. The van der Waals surface area contributed by atoms with Crippen LogP contribution in [0.1, 0.15) is 31.4 Å². The fourth-order valence-corrected chi connectivity index (χ4v) is 2.74. The van der Waals surface area contributed by atoms with Crippen molar-refractivity contribution in [3.63, 3.8) is 0 Å². The SMILES string of the molecule is COCc1cc(NC(=O)NC(C2CCCC2)C(F)(F)F)ncn1. The molecule has 1 saturated carbocycles. The van der Waals surface area contributed by atoms with Gasteiger partial charge in [0.05, 0.1) is 12.3 Å². The highest BCUT2D eigenvalue weighted by atomic mass is 19.4. The third-order valence-corrected chi connectivity index (χ3v) is 3.77. The maximum absolute atomic E-state index is 13.2. The molecular formula is C14H19F3N4O2. The molecule has 23 heavy (non-hydrogen) atoms. The smallest absolute Gasteiger partial charge is 0.378 e. The zero-order valence-electron chi connectivity index (χ0n) is 12.7. The van der Waals surface area contributed by atoms with Crippen molar-refractivity contribution in [2.24, 2.45) is 5.92 Å². The minimum atomic E-state index is -4.47. The molecule has 0 radical (unpaired) electrons. The summed E-state index contributed by atoms with van der Waals surface area (Å²) in [6.07, 6.45) is -0.813. The van der Waals surface area contributed by atoms with E-state index in [1.165, 1.54) is 19.5 Å².